The number of hydrogen-bond donors (Lipinski definition) is 2. The van der Waals surface area contributed by atoms with Crippen LogP contribution in [0, 0.1) is 11.7 Å². The molecule has 9 heteroatoms. The van der Waals surface area contributed by atoms with E-state index in [1.54, 1.807) is 35.2 Å². The van der Waals surface area contributed by atoms with Gasteiger partial charge in [-0.15, -0.1) is 10.6 Å². The van der Waals surface area contributed by atoms with Gasteiger partial charge in [-0.1, -0.05) is 12.1 Å². The molecule has 0 radical (unpaired) electrons. The van der Waals surface area contributed by atoms with Crippen LogP contribution in [0.2, 0.25) is 0 Å². The third kappa shape index (κ3) is 4.73. The minimum atomic E-state index is -2.90. The van der Waals surface area contributed by atoms with E-state index < -0.39 is 22.0 Å². The van der Waals surface area contributed by atoms with E-state index in [1.807, 2.05) is 20.8 Å². The predicted octanol–water partition coefficient (Wildman–Crippen LogP) is 5.20. The summed E-state index contributed by atoms with van der Waals surface area (Å²) >= 11 is 0. The van der Waals surface area contributed by atoms with Gasteiger partial charge in [0.1, 0.15) is 16.2 Å². The van der Waals surface area contributed by atoms with Crippen molar-refractivity contribution in [2.24, 2.45) is 5.92 Å². The molecule has 2 N–H and O–H groups in total. The van der Waals surface area contributed by atoms with E-state index in [-0.39, 0.29) is 23.7 Å². The molecule has 0 saturated carbocycles. The van der Waals surface area contributed by atoms with Gasteiger partial charge in [-0.25, -0.2) is 9.18 Å². The van der Waals surface area contributed by atoms with Gasteiger partial charge in [0.2, 0.25) is 0 Å². The zero-order chi connectivity index (χ0) is 22.4. The van der Waals surface area contributed by atoms with Crippen molar-refractivity contribution in [3.8, 4) is 22.6 Å². The van der Waals surface area contributed by atoms with Crippen molar-refractivity contribution in [2.45, 2.75) is 31.3 Å². The first-order valence-electron chi connectivity index (χ1n) is 9.95. The van der Waals surface area contributed by atoms with E-state index in [0.717, 1.165) is 0 Å². The molecular formula is C22H26FNO6S. The Labute approximate surface area is 182 Å². The number of hydrogen-bond acceptors (Lipinski definition) is 6. The number of benzene rings is 2. The minimum Gasteiger partial charge on any atom is -0.490 e. The summed E-state index contributed by atoms with van der Waals surface area (Å²) in [5, 5.41) is 0. The van der Waals surface area contributed by atoms with Crippen LogP contribution in [0.4, 0.5) is 9.18 Å². The molecule has 168 valence electrons. The van der Waals surface area contributed by atoms with E-state index in [0.29, 0.717) is 41.5 Å². The third-order valence-corrected chi connectivity index (χ3v) is 6.51. The monoisotopic (exact) mass is 451 g/mol. The van der Waals surface area contributed by atoms with E-state index in [9.17, 15) is 18.3 Å². The van der Waals surface area contributed by atoms with Crippen LogP contribution in [0.25, 0.3) is 11.1 Å². The molecule has 0 unspecified atom stereocenters. The molecule has 2 aromatic rings. The van der Waals surface area contributed by atoms with Crippen molar-refractivity contribution in [1.29, 1.82) is 0 Å². The zero-order valence-corrected chi connectivity index (χ0v) is 18.4. The lowest BCUT2D eigenvalue weighted by molar-refractivity contribution is -0.00805. The van der Waals surface area contributed by atoms with Crippen molar-refractivity contribution in [3.63, 3.8) is 0 Å². The number of carbonyl (C=O) groups is 1. The van der Waals surface area contributed by atoms with Gasteiger partial charge in [0.05, 0.1) is 6.61 Å². The highest BCUT2D eigenvalue weighted by Crippen LogP contribution is 2.57. The molecule has 2 heterocycles. The van der Waals surface area contributed by atoms with Crippen LogP contribution in [0.5, 0.6) is 11.5 Å². The molecule has 31 heavy (non-hydrogen) atoms. The standard InChI is InChI=1S/C22H26FNO6S/c1-22(2,3)30-21(25)24-10-14(11-24)12-28-18-6-4-15(8-17(18)23)16-5-7-20-19(9-16)29-13-31(20,26)27/h4-9,14,26-27H,10-13H2,1-3H3. The van der Waals surface area contributed by atoms with Crippen molar-refractivity contribution < 1.29 is 32.5 Å². The second kappa shape index (κ2) is 7.89. The maximum absolute atomic E-state index is 14.6. The molecule has 0 spiro atoms. The molecule has 7 nitrogen and oxygen atoms in total. The van der Waals surface area contributed by atoms with Crippen LogP contribution in [0.1, 0.15) is 20.8 Å². The minimum absolute atomic E-state index is 0.125. The van der Waals surface area contributed by atoms with Gasteiger partial charge < -0.3 is 19.1 Å². The molecule has 0 bridgehead atoms. The van der Waals surface area contributed by atoms with E-state index in [1.165, 1.54) is 6.07 Å². The Hall–Kier alpha value is -2.49. The summed E-state index contributed by atoms with van der Waals surface area (Å²) in [5.74, 6) is 0.0231. The van der Waals surface area contributed by atoms with Gasteiger partial charge in [-0.3, -0.25) is 9.11 Å². The smallest absolute Gasteiger partial charge is 0.410 e. The topological polar surface area (TPSA) is 88.5 Å². The lowest BCUT2D eigenvalue weighted by atomic mass is 10.0. The number of likely N-dealkylation sites (tertiary alicyclic amines) is 1. The summed E-state index contributed by atoms with van der Waals surface area (Å²) in [6.07, 6.45) is -0.348. The Morgan fingerprint density at radius 2 is 1.87 bits per heavy atom. The third-order valence-electron chi connectivity index (χ3n) is 5.02. The lowest BCUT2D eigenvalue weighted by Crippen LogP contribution is -2.53. The van der Waals surface area contributed by atoms with Crippen molar-refractivity contribution in [2.75, 3.05) is 25.6 Å². The van der Waals surface area contributed by atoms with Crippen LogP contribution < -0.4 is 9.47 Å². The summed E-state index contributed by atoms with van der Waals surface area (Å²) in [6, 6.07) is 9.65. The number of ether oxygens (including phenoxy) is 3. The van der Waals surface area contributed by atoms with Crippen LogP contribution in [0.15, 0.2) is 41.3 Å². The fraction of sp³-hybridized carbons (Fsp3) is 0.409. The Kier molecular flexibility index (Phi) is 5.53. The Balaban J connectivity index is 1.34. The average Bonchev–Trinajstić information content (AvgIpc) is 2.94. The number of fused-ring (bicyclic) bond motifs is 1. The molecular weight excluding hydrogens is 425 g/mol. The fourth-order valence-electron chi connectivity index (χ4n) is 3.44. The molecule has 0 aromatic heterocycles. The number of rotatable bonds is 4. The highest BCUT2D eigenvalue weighted by atomic mass is 32.3. The van der Waals surface area contributed by atoms with Crippen LogP contribution in [-0.2, 0) is 4.74 Å². The normalized spacial score (nSPS) is 18.6. The SMILES string of the molecule is CC(C)(C)OC(=O)N1CC(COc2ccc(-c3ccc4c(c3)OCS4(O)O)cc2F)C1. The van der Waals surface area contributed by atoms with E-state index in [4.69, 9.17) is 14.2 Å². The van der Waals surface area contributed by atoms with Crippen molar-refractivity contribution in [1.82, 2.24) is 4.90 Å². The second-order valence-electron chi connectivity index (χ2n) is 8.80. The molecule has 0 atom stereocenters. The Bertz CT molecular complexity index is 1000. The molecule has 2 aliphatic rings. The zero-order valence-electron chi connectivity index (χ0n) is 17.6. The molecule has 0 aliphatic carbocycles. The number of amides is 1. The maximum atomic E-state index is 14.6. The Morgan fingerprint density at radius 3 is 2.55 bits per heavy atom. The van der Waals surface area contributed by atoms with Gasteiger partial charge in [-0.05, 0) is 56.2 Å². The first-order valence-corrected chi connectivity index (χ1v) is 11.7. The van der Waals surface area contributed by atoms with Crippen molar-refractivity contribution in [3.05, 3.63) is 42.2 Å². The molecule has 1 fully saturated rings. The summed E-state index contributed by atoms with van der Waals surface area (Å²) < 4.78 is 50.7. The summed E-state index contributed by atoms with van der Waals surface area (Å²) in [6.45, 7) is 6.80. The van der Waals surface area contributed by atoms with E-state index in [2.05, 4.69) is 0 Å². The summed E-state index contributed by atoms with van der Waals surface area (Å²) in [7, 11) is -2.90. The molecule has 1 saturated heterocycles. The van der Waals surface area contributed by atoms with Gasteiger partial charge >= 0.3 is 6.09 Å². The van der Waals surface area contributed by atoms with Crippen LogP contribution in [-0.4, -0.2) is 51.3 Å². The number of carbonyl (C=O) groups excluding carboxylic acids is 1. The maximum Gasteiger partial charge on any atom is 0.410 e. The largest absolute Gasteiger partial charge is 0.490 e. The fourth-order valence-corrected chi connectivity index (χ4v) is 4.58. The summed E-state index contributed by atoms with van der Waals surface area (Å²) in [4.78, 5) is 13.9. The molecule has 2 aliphatic heterocycles. The highest BCUT2D eigenvalue weighted by Gasteiger charge is 2.34. The molecule has 1 amide bonds. The van der Waals surface area contributed by atoms with Crippen LogP contribution in [0.3, 0.4) is 0 Å². The van der Waals surface area contributed by atoms with Gasteiger partial charge in [0, 0.05) is 19.0 Å². The number of nitrogens with zero attached hydrogens (tertiary/aromatic N) is 1. The molecule has 2 aromatic carbocycles. The first kappa shape index (κ1) is 21.7. The van der Waals surface area contributed by atoms with Gasteiger partial charge in [-0.2, -0.15) is 0 Å². The quantitative estimate of drug-likeness (QED) is 0.664. The van der Waals surface area contributed by atoms with Crippen LogP contribution >= 0.6 is 10.6 Å². The second-order valence-corrected chi connectivity index (χ2v) is 10.8. The Morgan fingerprint density at radius 1 is 1.19 bits per heavy atom. The molecule has 4 rings (SSSR count). The summed E-state index contributed by atoms with van der Waals surface area (Å²) in [5.41, 5.74) is 0.794. The van der Waals surface area contributed by atoms with Gasteiger partial charge in [0.15, 0.2) is 17.5 Å². The predicted molar refractivity (Wildman–Crippen MR) is 115 cm³/mol. The van der Waals surface area contributed by atoms with Crippen molar-refractivity contribution >= 4 is 16.7 Å². The van der Waals surface area contributed by atoms with Gasteiger partial charge in [0.25, 0.3) is 0 Å². The lowest BCUT2D eigenvalue weighted by Gasteiger charge is -2.39. The highest BCUT2D eigenvalue weighted by molar-refractivity contribution is 8.24. The van der Waals surface area contributed by atoms with E-state index >= 15 is 0 Å². The first-order chi connectivity index (χ1) is 14.5. The number of halogens is 1. The average molecular weight is 452 g/mol.